The normalized spacial score (nSPS) is 19.4. The van der Waals surface area contributed by atoms with Gasteiger partial charge in [0.1, 0.15) is 0 Å². The molecule has 0 aromatic heterocycles. The first-order valence-electron chi connectivity index (χ1n) is 7.81. The van der Waals surface area contributed by atoms with E-state index in [1.165, 1.54) is 35.1 Å². The number of hydrogen-bond donors (Lipinski definition) is 1. The molecule has 20 heavy (non-hydrogen) atoms. The molecule has 1 aliphatic heterocycles. The minimum atomic E-state index is 0.427. The molecule has 3 heteroatoms. The predicted octanol–water partition coefficient (Wildman–Crippen LogP) is 4.06. The largest absolute Gasteiger partial charge is 0.309 e. The van der Waals surface area contributed by atoms with Crippen molar-refractivity contribution in [2.45, 2.75) is 45.7 Å². The highest BCUT2D eigenvalue weighted by Crippen LogP contribution is 2.19. The molecule has 2 atom stereocenters. The predicted molar refractivity (Wildman–Crippen MR) is 95.0 cm³/mol. The standard InChI is InChI=1S/C17H27IN2/c1-13(2)17(20-10-4-5-11-20)12-19-14(3)15-6-8-16(18)9-7-15/h6-9,13-14,17,19H,4-5,10-12H2,1-3H3. The van der Waals surface area contributed by atoms with Crippen LogP contribution in [0.5, 0.6) is 0 Å². The molecule has 2 rings (SSSR count). The van der Waals surface area contributed by atoms with Gasteiger partial charge in [-0.25, -0.2) is 0 Å². The molecule has 2 nitrogen and oxygen atoms in total. The summed E-state index contributed by atoms with van der Waals surface area (Å²) in [4.78, 5) is 2.66. The zero-order valence-corrected chi connectivity index (χ0v) is 15.1. The molecule has 0 bridgehead atoms. The molecule has 1 N–H and O–H groups in total. The molecule has 0 radical (unpaired) electrons. The first-order valence-corrected chi connectivity index (χ1v) is 8.88. The second-order valence-electron chi connectivity index (χ2n) is 6.24. The Hall–Kier alpha value is -0.130. The number of benzene rings is 1. The molecular formula is C17H27IN2. The van der Waals surface area contributed by atoms with Gasteiger partial charge in [-0.1, -0.05) is 26.0 Å². The van der Waals surface area contributed by atoms with E-state index in [2.05, 4.69) is 77.8 Å². The van der Waals surface area contributed by atoms with E-state index >= 15 is 0 Å². The lowest BCUT2D eigenvalue weighted by molar-refractivity contribution is 0.183. The molecule has 112 valence electrons. The zero-order chi connectivity index (χ0) is 14.5. The average molecular weight is 386 g/mol. The summed E-state index contributed by atoms with van der Waals surface area (Å²) in [5.41, 5.74) is 1.38. The highest BCUT2D eigenvalue weighted by Gasteiger charge is 2.24. The van der Waals surface area contributed by atoms with Crippen LogP contribution in [-0.2, 0) is 0 Å². The molecule has 1 heterocycles. The minimum absolute atomic E-state index is 0.427. The fraction of sp³-hybridized carbons (Fsp3) is 0.647. The van der Waals surface area contributed by atoms with Crippen LogP contribution in [0.1, 0.15) is 45.2 Å². The van der Waals surface area contributed by atoms with Crippen LogP contribution < -0.4 is 5.32 Å². The van der Waals surface area contributed by atoms with Crippen molar-refractivity contribution in [2.75, 3.05) is 19.6 Å². The van der Waals surface area contributed by atoms with Crippen molar-refractivity contribution in [2.24, 2.45) is 5.92 Å². The molecule has 1 fully saturated rings. The van der Waals surface area contributed by atoms with Crippen LogP contribution in [0.3, 0.4) is 0 Å². The Bertz CT molecular complexity index is 396. The van der Waals surface area contributed by atoms with Gasteiger partial charge in [0.25, 0.3) is 0 Å². The van der Waals surface area contributed by atoms with Crippen LogP contribution in [-0.4, -0.2) is 30.6 Å². The van der Waals surface area contributed by atoms with Gasteiger partial charge in [-0.15, -0.1) is 0 Å². The molecule has 1 aliphatic rings. The van der Waals surface area contributed by atoms with Gasteiger partial charge in [0.2, 0.25) is 0 Å². The molecule has 0 aliphatic carbocycles. The van der Waals surface area contributed by atoms with Crippen molar-refractivity contribution in [1.82, 2.24) is 10.2 Å². The van der Waals surface area contributed by atoms with Crippen LogP contribution in [0.2, 0.25) is 0 Å². The molecular weight excluding hydrogens is 359 g/mol. The van der Waals surface area contributed by atoms with Gasteiger partial charge in [-0.2, -0.15) is 0 Å². The summed E-state index contributed by atoms with van der Waals surface area (Å²) in [7, 11) is 0. The molecule has 1 aromatic carbocycles. The van der Waals surface area contributed by atoms with E-state index in [0.29, 0.717) is 18.0 Å². The van der Waals surface area contributed by atoms with Gasteiger partial charge in [-0.05, 0) is 79.1 Å². The van der Waals surface area contributed by atoms with E-state index in [0.717, 1.165) is 6.54 Å². The Morgan fingerprint density at radius 1 is 1.10 bits per heavy atom. The van der Waals surface area contributed by atoms with E-state index in [-0.39, 0.29) is 0 Å². The van der Waals surface area contributed by atoms with Gasteiger partial charge < -0.3 is 5.32 Å². The highest BCUT2D eigenvalue weighted by atomic mass is 127. The summed E-state index contributed by atoms with van der Waals surface area (Å²) >= 11 is 2.36. The molecule has 1 saturated heterocycles. The zero-order valence-electron chi connectivity index (χ0n) is 12.9. The SMILES string of the molecule is CC(NCC(C(C)C)N1CCCC1)c1ccc(I)cc1. The Balaban J connectivity index is 1.89. The second-order valence-corrected chi connectivity index (χ2v) is 7.48. The van der Waals surface area contributed by atoms with Crippen LogP contribution in [0.4, 0.5) is 0 Å². The molecule has 0 amide bonds. The number of halogens is 1. The Labute approximate surface area is 137 Å². The number of nitrogens with one attached hydrogen (secondary N) is 1. The third-order valence-corrected chi connectivity index (χ3v) is 5.10. The van der Waals surface area contributed by atoms with Gasteiger partial charge in [0.05, 0.1) is 0 Å². The Morgan fingerprint density at radius 2 is 1.70 bits per heavy atom. The summed E-state index contributed by atoms with van der Waals surface area (Å²) in [5.74, 6) is 0.713. The quantitative estimate of drug-likeness (QED) is 0.742. The van der Waals surface area contributed by atoms with E-state index in [1.54, 1.807) is 0 Å². The fourth-order valence-electron chi connectivity index (χ4n) is 3.03. The van der Waals surface area contributed by atoms with Crippen LogP contribution >= 0.6 is 22.6 Å². The van der Waals surface area contributed by atoms with Crippen LogP contribution in [0, 0.1) is 9.49 Å². The minimum Gasteiger partial charge on any atom is -0.309 e. The van der Waals surface area contributed by atoms with Gasteiger partial charge in [0.15, 0.2) is 0 Å². The van der Waals surface area contributed by atoms with Gasteiger partial charge in [-0.3, -0.25) is 4.90 Å². The van der Waals surface area contributed by atoms with Gasteiger partial charge >= 0.3 is 0 Å². The lowest BCUT2D eigenvalue weighted by Gasteiger charge is -2.32. The van der Waals surface area contributed by atoms with E-state index in [4.69, 9.17) is 0 Å². The lowest BCUT2D eigenvalue weighted by Crippen LogP contribution is -2.44. The summed E-state index contributed by atoms with van der Waals surface area (Å²) in [6.45, 7) is 10.6. The molecule has 0 saturated carbocycles. The maximum Gasteiger partial charge on any atom is 0.0292 e. The van der Waals surface area contributed by atoms with Crippen LogP contribution in [0.25, 0.3) is 0 Å². The number of hydrogen-bond acceptors (Lipinski definition) is 2. The van der Waals surface area contributed by atoms with Crippen molar-refractivity contribution in [1.29, 1.82) is 0 Å². The topological polar surface area (TPSA) is 15.3 Å². The highest BCUT2D eigenvalue weighted by molar-refractivity contribution is 14.1. The van der Waals surface area contributed by atoms with Crippen LogP contribution in [0.15, 0.2) is 24.3 Å². The maximum atomic E-state index is 3.73. The van der Waals surface area contributed by atoms with Crippen molar-refractivity contribution in [3.05, 3.63) is 33.4 Å². The molecule has 0 spiro atoms. The first-order chi connectivity index (χ1) is 9.58. The molecule has 1 aromatic rings. The third kappa shape index (κ3) is 4.43. The second kappa shape index (κ2) is 7.76. The van der Waals surface area contributed by atoms with E-state index in [9.17, 15) is 0 Å². The number of likely N-dealkylation sites (tertiary alicyclic amines) is 1. The Morgan fingerprint density at radius 3 is 2.25 bits per heavy atom. The lowest BCUT2D eigenvalue weighted by atomic mass is 10.0. The first kappa shape index (κ1) is 16.2. The third-order valence-electron chi connectivity index (χ3n) is 4.38. The summed E-state index contributed by atoms with van der Waals surface area (Å²) in [6, 6.07) is 9.95. The van der Waals surface area contributed by atoms with Crippen molar-refractivity contribution < 1.29 is 0 Å². The smallest absolute Gasteiger partial charge is 0.0292 e. The van der Waals surface area contributed by atoms with Crippen molar-refractivity contribution >= 4 is 22.6 Å². The van der Waals surface area contributed by atoms with Gasteiger partial charge in [0, 0.05) is 22.2 Å². The van der Waals surface area contributed by atoms with E-state index in [1.807, 2.05) is 0 Å². The molecule has 2 unspecified atom stereocenters. The number of nitrogens with zero attached hydrogens (tertiary/aromatic N) is 1. The average Bonchev–Trinajstić information content (AvgIpc) is 2.93. The Kier molecular flexibility index (Phi) is 6.30. The summed E-state index contributed by atoms with van der Waals surface area (Å²) in [5, 5.41) is 3.73. The number of rotatable bonds is 6. The maximum absolute atomic E-state index is 3.73. The fourth-order valence-corrected chi connectivity index (χ4v) is 3.39. The van der Waals surface area contributed by atoms with Crippen molar-refractivity contribution in [3.8, 4) is 0 Å². The van der Waals surface area contributed by atoms with E-state index < -0.39 is 0 Å². The van der Waals surface area contributed by atoms with Crippen molar-refractivity contribution in [3.63, 3.8) is 0 Å². The summed E-state index contributed by atoms with van der Waals surface area (Å²) in [6.07, 6.45) is 2.74. The summed E-state index contributed by atoms with van der Waals surface area (Å²) < 4.78 is 1.30. The monoisotopic (exact) mass is 386 g/mol.